The van der Waals surface area contributed by atoms with Crippen LogP contribution in [0.4, 0.5) is 4.39 Å². The minimum absolute atomic E-state index is 0.165. The van der Waals surface area contributed by atoms with Gasteiger partial charge in [-0.05, 0) is 60.7 Å². The summed E-state index contributed by atoms with van der Waals surface area (Å²) in [5.74, 6) is 0.613. The molecule has 0 aliphatic carbocycles. The average Bonchev–Trinajstić information content (AvgIpc) is 3.27. The molecule has 0 bridgehead atoms. The number of nitrogens with zero attached hydrogens (tertiary/aromatic N) is 2. The van der Waals surface area contributed by atoms with Crippen LogP contribution in [0.3, 0.4) is 0 Å². The van der Waals surface area contributed by atoms with Gasteiger partial charge >= 0.3 is 0 Å². The number of phenols is 1. The second kappa shape index (κ2) is 5.42. The first kappa shape index (κ1) is 14.7. The second-order valence-electron chi connectivity index (χ2n) is 5.92. The lowest BCUT2D eigenvalue weighted by molar-refractivity contribution is 0.432. The van der Waals surface area contributed by atoms with Crippen molar-refractivity contribution in [1.82, 2.24) is 10.1 Å². The summed E-state index contributed by atoms with van der Waals surface area (Å²) in [6.45, 7) is 0. The molecule has 5 rings (SSSR count). The molecule has 6 heteroatoms. The van der Waals surface area contributed by atoms with E-state index in [2.05, 4.69) is 10.1 Å². The Balaban J connectivity index is 1.61. The van der Waals surface area contributed by atoms with Crippen molar-refractivity contribution >= 4 is 21.9 Å². The number of hydrogen-bond acceptors (Lipinski definition) is 5. The molecule has 0 radical (unpaired) electrons. The first-order chi connectivity index (χ1) is 12.7. The molecule has 2 heterocycles. The molecule has 2 aromatic heterocycles. The van der Waals surface area contributed by atoms with Gasteiger partial charge in [0.1, 0.15) is 22.7 Å². The van der Waals surface area contributed by atoms with Crippen LogP contribution in [0, 0.1) is 5.82 Å². The third-order valence-corrected chi connectivity index (χ3v) is 4.23. The van der Waals surface area contributed by atoms with E-state index < -0.39 is 0 Å². The Labute approximate surface area is 146 Å². The lowest BCUT2D eigenvalue weighted by Crippen LogP contribution is -1.81. The molecule has 0 saturated heterocycles. The maximum atomic E-state index is 13.6. The number of furan rings is 1. The molecule has 3 aromatic carbocycles. The molecule has 5 nitrogen and oxygen atoms in total. The molecular formula is C20H11FN2O3. The van der Waals surface area contributed by atoms with Crippen LogP contribution >= 0.6 is 0 Å². The number of fused-ring (bicyclic) bond motifs is 3. The zero-order valence-corrected chi connectivity index (χ0v) is 13.3. The van der Waals surface area contributed by atoms with Crippen LogP contribution in [0.1, 0.15) is 0 Å². The minimum Gasteiger partial charge on any atom is -0.508 e. The van der Waals surface area contributed by atoms with Gasteiger partial charge in [-0.2, -0.15) is 4.98 Å². The highest BCUT2D eigenvalue weighted by Crippen LogP contribution is 2.32. The predicted octanol–water partition coefficient (Wildman–Crippen LogP) is 5.15. The summed E-state index contributed by atoms with van der Waals surface area (Å²) in [6.07, 6.45) is 0. The summed E-state index contributed by atoms with van der Waals surface area (Å²) in [7, 11) is 0. The van der Waals surface area contributed by atoms with Crippen LogP contribution in [-0.4, -0.2) is 15.2 Å². The topological polar surface area (TPSA) is 72.3 Å². The molecule has 0 atom stereocenters. The van der Waals surface area contributed by atoms with Crippen molar-refractivity contribution in [2.75, 3.05) is 0 Å². The summed E-state index contributed by atoms with van der Waals surface area (Å²) >= 11 is 0. The molecular weight excluding hydrogens is 335 g/mol. The molecule has 1 N–H and O–H groups in total. The fourth-order valence-corrected chi connectivity index (χ4v) is 2.95. The highest BCUT2D eigenvalue weighted by Gasteiger charge is 2.14. The zero-order valence-electron chi connectivity index (χ0n) is 13.3. The highest BCUT2D eigenvalue weighted by atomic mass is 19.1. The summed E-state index contributed by atoms with van der Waals surface area (Å²) < 4.78 is 24.6. The van der Waals surface area contributed by atoms with Crippen LogP contribution in [0.2, 0.25) is 0 Å². The van der Waals surface area contributed by atoms with Gasteiger partial charge < -0.3 is 14.0 Å². The summed E-state index contributed by atoms with van der Waals surface area (Å²) in [5.41, 5.74) is 2.73. The molecule has 0 spiro atoms. The lowest BCUT2D eigenvalue weighted by Gasteiger charge is -1.95. The van der Waals surface area contributed by atoms with E-state index >= 15 is 0 Å². The molecule has 0 amide bonds. The highest BCUT2D eigenvalue weighted by molar-refractivity contribution is 6.06. The molecule has 0 fully saturated rings. The Hall–Kier alpha value is -3.67. The maximum absolute atomic E-state index is 13.6. The molecule has 5 aromatic rings. The molecule has 0 aliphatic rings. The molecule has 0 unspecified atom stereocenters. The fraction of sp³-hybridized carbons (Fsp3) is 0. The minimum atomic E-state index is -0.320. The van der Waals surface area contributed by atoms with Gasteiger partial charge in [-0.3, -0.25) is 0 Å². The number of rotatable bonds is 2. The van der Waals surface area contributed by atoms with E-state index in [1.54, 1.807) is 36.4 Å². The van der Waals surface area contributed by atoms with Crippen molar-refractivity contribution in [3.8, 4) is 28.6 Å². The number of aromatic hydroxyl groups is 1. The second-order valence-corrected chi connectivity index (χ2v) is 5.92. The third-order valence-electron chi connectivity index (χ3n) is 4.23. The van der Waals surface area contributed by atoms with Crippen molar-refractivity contribution in [3.05, 3.63) is 66.5 Å². The first-order valence-electron chi connectivity index (χ1n) is 7.93. The van der Waals surface area contributed by atoms with Crippen molar-refractivity contribution in [2.45, 2.75) is 0 Å². The van der Waals surface area contributed by atoms with Gasteiger partial charge in [0.15, 0.2) is 0 Å². The van der Waals surface area contributed by atoms with Crippen LogP contribution in [0.25, 0.3) is 44.8 Å². The zero-order chi connectivity index (χ0) is 17.7. The quantitative estimate of drug-likeness (QED) is 0.479. The molecule has 0 saturated carbocycles. The Morgan fingerprint density at radius 2 is 1.50 bits per heavy atom. The van der Waals surface area contributed by atoms with E-state index in [9.17, 15) is 9.50 Å². The normalized spacial score (nSPS) is 11.4. The van der Waals surface area contributed by atoms with Gasteiger partial charge in [-0.25, -0.2) is 4.39 Å². The van der Waals surface area contributed by atoms with Crippen molar-refractivity contribution in [3.63, 3.8) is 0 Å². The van der Waals surface area contributed by atoms with Gasteiger partial charge in [-0.15, -0.1) is 0 Å². The van der Waals surface area contributed by atoms with E-state index in [-0.39, 0.29) is 11.6 Å². The number of halogens is 1. The van der Waals surface area contributed by atoms with E-state index in [1.165, 1.54) is 12.1 Å². The monoisotopic (exact) mass is 346 g/mol. The van der Waals surface area contributed by atoms with E-state index in [0.29, 0.717) is 33.8 Å². The van der Waals surface area contributed by atoms with Gasteiger partial charge in [0.05, 0.1) is 0 Å². The molecule has 0 aliphatic heterocycles. The van der Waals surface area contributed by atoms with Crippen LogP contribution in [0.15, 0.2) is 69.6 Å². The average molecular weight is 346 g/mol. The van der Waals surface area contributed by atoms with E-state index in [1.807, 2.05) is 12.1 Å². The maximum Gasteiger partial charge on any atom is 0.258 e. The van der Waals surface area contributed by atoms with Gasteiger partial charge in [0.25, 0.3) is 5.89 Å². The Morgan fingerprint density at radius 1 is 0.808 bits per heavy atom. The van der Waals surface area contributed by atoms with E-state index in [0.717, 1.165) is 10.9 Å². The largest absolute Gasteiger partial charge is 0.508 e. The van der Waals surface area contributed by atoms with Gasteiger partial charge in [-0.1, -0.05) is 5.16 Å². The Kier molecular flexibility index (Phi) is 3.05. The standard InChI is InChI=1S/C20H11FN2O3/c21-13-4-8-18-16(10-13)15-9-12(3-7-17(15)25-18)19-22-20(26-23-19)11-1-5-14(24)6-2-11/h1-10,24H. The number of hydrogen-bond donors (Lipinski definition) is 1. The van der Waals surface area contributed by atoms with Crippen molar-refractivity contribution < 1.29 is 18.4 Å². The van der Waals surface area contributed by atoms with Crippen LogP contribution in [-0.2, 0) is 0 Å². The molecule has 26 heavy (non-hydrogen) atoms. The Morgan fingerprint density at radius 3 is 2.31 bits per heavy atom. The lowest BCUT2D eigenvalue weighted by atomic mass is 10.1. The predicted molar refractivity (Wildman–Crippen MR) is 94.1 cm³/mol. The summed E-state index contributed by atoms with van der Waals surface area (Å²) in [4.78, 5) is 4.41. The molecule has 126 valence electrons. The number of phenolic OH excluding ortho intramolecular Hbond substituents is 1. The third kappa shape index (κ3) is 2.31. The van der Waals surface area contributed by atoms with Gasteiger partial charge in [0.2, 0.25) is 5.82 Å². The summed E-state index contributed by atoms with van der Waals surface area (Å²) in [5, 5.41) is 14.9. The first-order valence-corrected chi connectivity index (χ1v) is 7.93. The Bertz CT molecular complexity index is 1260. The summed E-state index contributed by atoms with van der Waals surface area (Å²) in [6, 6.07) is 16.4. The van der Waals surface area contributed by atoms with Crippen LogP contribution < -0.4 is 0 Å². The number of benzene rings is 3. The van der Waals surface area contributed by atoms with Crippen LogP contribution in [0.5, 0.6) is 5.75 Å². The van der Waals surface area contributed by atoms with Crippen molar-refractivity contribution in [2.24, 2.45) is 0 Å². The fourth-order valence-electron chi connectivity index (χ4n) is 2.95. The smallest absolute Gasteiger partial charge is 0.258 e. The van der Waals surface area contributed by atoms with E-state index in [4.69, 9.17) is 8.94 Å². The SMILES string of the molecule is Oc1ccc(-c2nc(-c3ccc4oc5ccc(F)cc5c4c3)no2)cc1. The number of aromatic nitrogens is 2. The van der Waals surface area contributed by atoms with Gasteiger partial charge in [0, 0.05) is 21.9 Å². The van der Waals surface area contributed by atoms with Crippen molar-refractivity contribution in [1.29, 1.82) is 0 Å².